The van der Waals surface area contributed by atoms with Crippen LogP contribution in [0.1, 0.15) is 5.56 Å². The fourth-order valence-electron chi connectivity index (χ4n) is 1.57. The normalized spacial score (nSPS) is 10.3. The Kier molecular flexibility index (Phi) is 4.14. The molecule has 0 aromatic heterocycles. The van der Waals surface area contributed by atoms with Crippen molar-refractivity contribution in [2.45, 2.75) is 5.88 Å². The lowest BCUT2D eigenvalue weighted by Crippen LogP contribution is -1.97. The molecule has 0 atom stereocenters. The molecule has 0 fully saturated rings. The van der Waals surface area contributed by atoms with Crippen LogP contribution in [0, 0.1) is 21.7 Å². The van der Waals surface area contributed by atoms with Crippen molar-refractivity contribution in [3.63, 3.8) is 0 Å². The van der Waals surface area contributed by atoms with Crippen LogP contribution in [-0.2, 0) is 5.88 Å². The zero-order chi connectivity index (χ0) is 14.7. The summed E-state index contributed by atoms with van der Waals surface area (Å²) in [6, 6.07) is 7.69. The second kappa shape index (κ2) is 5.83. The SMILES string of the molecule is O=[N+]([O-])c1cc(F)c(Oc2ccccc2CCl)cc1F. The van der Waals surface area contributed by atoms with Gasteiger partial charge in [0.1, 0.15) is 5.75 Å². The molecule has 20 heavy (non-hydrogen) atoms. The molecule has 0 saturated heterocycles. The Morgan fingerprint density at radius 2 is 1.85 bits per heavy atom. The topological polar surface area (TPSA) is 52.4 Å². The Hall–Kier alpha value is -2.21. The Bertz CT molecular complexity index is 664. The van der Waals surface area contributed by atoms with Gasteiger partial charge in [0.25, 0.3) is 0 Å². The highest BCUT2D eigenvalue weighted by molar-refractivity contribution is 6.17. The maximum absolute atomic E-state index is 13.7. The molecular weight excluding hydrogens is 292 g/mol. The van der Waals surface area contributed by atoms with E-state index in [-0.39, 0.29) is 11.6 Å². The minimum atomic E-state index is -1.17. The van der Waals surface area contributed by atoms with Crippen molar-refractivity contribution in [2.75, 3.05) is 0 Å². The number of alkyl halides is 1. The predicted molar refractivity (Wildman–Crippen MR) is 69.1 cm³/mol. The van der Waals surface area contributed by atoms with Crippen molar-refractivity contribution in [1.29, 1.82) is 0 Å². The van der Waals surface area contributed by atoms with Gasteiger partial charge < -0.3 is 4.74 Å². The van der Waals surface area contributed by atoms with E-state index in [1.807, 2.05) is 0 Å². The molecule has 0 spiro atoms. The Morgan fingerprint density at radius 3 is 2.50 bits per heavy atom. The van der Waals surface area contributed by atoms with Gasteiger partial charge in [-0.05, 0) is 6.07 Å². The van der Waals surface area contributed by atoms with Gasteiger partial charge in [-0.3, -0.25) is 10.1 Å². The minimum absolute atomic E-state index is 0.132. The van der Waals surface area contributed by atoms with Gasteiger partial charge in [-0.25, -0.2) is 4.39 Å². The Balaban J connectivity index is 2.39. The van der Waals surface area contributed by atoms with Crippen LogP contribution >= 0.6 is 11.6 Å². The fourth-order valence-corrected chi connectivity index (χ4v) is 1.79. The third kappa shape index (κ3) is 2.85. The fraction of sp³-hybridized carbons (Fsp3) is 0.0769. The molecule has 0 radical (unpaired) electrons. The molecule has 0 unspecified atom stereocenters. The molecule has 0 heterocycles. The second-order valence-electron chi connectivity index (χ2n) is 3.83. The van der Waals surface area contributed by atoms with Gasteiger partial charge in [0.15, 0.2) is 11.6 Å². The van der Waals surface area contributed by atoms with Gasteiger partial charge in [-0.1, -0.05) is 18.2 Å². The first-order valence-electron chi connectivity index (χ1n) is 5.48. The van der Waals surface area contributed by atoms with E-state index < -0.39 is 28.0 Å². The minimum Gasteiger partial charge on any atom is -0.454 e. The molecular formula is C13H8ClF2NO3. The van der Waals surface area contributed by atoms with Crippen LogP contribution in [0.25, 0.3) is 0 Å². The smallest absolute Gasteiger partial charge is 0.307 e. The Morgan fingerprint density at radius 1 is 1.15 bits per heavy atom. The molecule has 2 aromatic rings. The van der Waals surface area contributed by atoms with Crippen LogP contribution in [0.5, 0.6) is 11.5 Å². The second-order valence-corrected chi connectivity index (χ2v) is 4.10. The third-order valence-corrected chi connectivity index (χ3v) is 2.82. The number of hydrogen-bond donors (Lipinski definition) is 0. The van der Waals surface area contributed by atoms with E-state index in [1.54, 1.807) is 18.2 Å². The van der Waals surface area contributed by atoms with Crippen LogP contribution in [0.3, 0.4) is 0 Å². The molecule has 0 amide bonds. The standard InChI is InChI=1S/C13H8ClF2NO3/c14-7-8-3-1-2-4-12(8)20-13-6-9(15)11(17(18)19)5-10(13)16/h1-6H,7H2. The van der Waals surface area contributed by atoms with E-state index in [0.717, 1.165) is 0 Å². The summed E-state index contributed by atoms with van der Waals surface area (Å²) in [6.45, 7) is 0. The summed E-state index contributed by atoms with van der Waals surface area (Å²) in [5.41, 5.74) is -0.354. The van der Waals surface area contributed by atoms with Gasteiger partial charge in [-0.2, -0.15) is 4.39 Å². The van der Waals surface area contributed by atoms with Crippen LogP contribution in [0.4, 0.5) is 14.5 Å². The average Bonchev–Trinajstić information content (AvgIpc) is 2.42. The number of ether oxygens (including phenoxy) is 1. The summed E-state index contributed by atoms with van der Waals surface area (Å²) >= 11 is 5.70. The van der Waals surface area contributed by atoms with Crippen molar-refractivity contribution >= 4 is 17.3 Å². The van der Waals surface area contributed by atoms with Crippen molar-refractivity contribution < 1.29 is 18.4 Å². The van der Waals surface area contributed by atoms with Crippen molar-refractivity contribution in [3.05, 3.63) is 63.7 Å². The number of nitrogens with zero attached hydrogens (tertiary/aromatic N) is 1. The zero-order valence-electron chi connectivity index (χ0n) is 9.98. The maximum atomic E-state index is 13.7. The van der Waals surface area contributed by atoms with Crippen LogP contribution < -0.4 is 4.74 Å². The number of benzene rings is 2. The molecule has 4 nitrogen and oxygen atoms in total. The summed E-state index contributed by atoms with van der Waals surface area (Å²) in [4.78, 5) is 9.48. The quantitative estimate of drug-likeness (QED) is 0.477. The van der Waals surface area contributed by atoms with E-state index in [4.69, 9.17) is 16.3 Å². The van der Waals surface area contributed by atoms with E-state index in [0.29, 0.717) is 17.7 Å². The summed E-state index contributed by atoms with van der Waals surface area (Å²) in [5.74, 6) is -2.25. The number of nitro groups is 1. The molecule has 0 aliphatic heterocycles. The number of rotatable bonds is 4. The molecule has 0 bridgehead atoms. The van der Waals surface area contributed by atoms with E-state index in [1.165, 1.54) is 6.07 Å². The highest BCUT2D eigenvalue weighted by atomic mass is 35.5. The highest BCUT2D eigenvalue weighted by Gasteiger charge is 2.20. The lowest BCUT2D eigenvalue weighted by Gasteiger charge is -2.10. The van der Waals surface area contributed by atoms with Gasteiger partial charge in [-0.15, -0.1) is 11.6 Å². The molecule has 2 rings (SSSR count). The van der Waals surface area contributed by atoms with Gasteiger partial charge >= 0.3 is 5.69 Å². The molecule has 2 aromatic carbocycles. The highest BCUT2D eigenvalue weighted by Crippen LogP contribution is 2.32. The molecule has 104 valence electrons. The lowest BCUT2D eigenvalue weighted by molar-refractivity contribution is -0.387. The maximum Gasteiger partial charge on any atom is 0.307 e. The van der Waals surface area contributed by atoms with E-state index in [9.17, 15) is 18.9 Å². The van der Waals surface area contributed by atoms with Crippen molar-refractivity contribution in [1.82, 2.24) is 0 Å². The molecule has 0 saturated carbocycles. The summed E-state index contributed by atoms with van der Waals surface area (Å²) in [7, 11) is 0. The average molecular weight is 300 g/mol. The van der Waals surface area contributed by atoms with E-state index >= 15 is 0 Å². The number of hydrogen-bond acceptors (Lipinski definition) is 3. The predicted octanol–water partition coefficient (Wildman–Crippen LogP) is 4.40. The summed E-state index contributed by atoms with van der Waals surface area (Å²) in [5, 5.41) is 10.5. The van der Waals surface area contributed by atoms with Crippen molar-refractivity contribution in [2.24, 2.45) is 0 Å². The van der Waals surface area contributed by atoms with Gasteiger partial charge in [0.05, 0.1) is 16.9 Å². The van der Waals surface area contributed by atoms with Crippen LogP contribution in [0.15, 0.2) is 36.4 Å². The van der Waals surface area contributed by atoms with Crippen LogP contribution in [-0.4, -0.2) is 4.92 Å². The Labute approximate surface area is 117 Å². The third-order valence-electron chi connectivity index (χ3n) is 2.53. The number of para-hydroxylation sites is 1. The van der Waals surface area contributed by atoms with Gasteiger partial charge in [0, 0.05) is 11.6 Å². The summed E-state index contributed by atoms with van der Waals surface area (Å²) in [6.07, 6.45) is 0. The van der Waals surface area contributed by atoms with Crippen LogP contribution in [0.2, 0.25) is 0 Å². The molecule has 0 N–H and O–H groups in total. The largest absolute Gasteiger partial charge is 0.454 e. The number of halogens is 3. The number of nitro benzene ring substituents is 1. The molecule has 7 heteroatoms. The first kappa shape index (κ1) is 14.2. The summed E-state index contributed by atoms with van der Waals surface area (Å²) < 4.78 is 32.4. The first-order chi connectivity index (χ1) is 9.52. The molecule has 0 aliphatic carbocycles. The molecule has 0 aliphatic rings. The van der Waals surface area contributed by atoms with Gasteiger partial charge in [0.2, 0.25) is 5.82 Å². The lowest BCUT2D eigenvalue weighted by atomic mass is 10.2. The zero-order valence-corrected chi connectivity index (χ0v) is 10.7. The monoisotopic (exact) mass is 299 g/mol. The van der Waals surface area contributed by atoms with Crippen molar-refractivity contribution in [3.8, 4) is 11.5 Å². The van der Waals surface area contributed by atoms with E-state index in [2.05, 4.69) is 0 Å². The first-order valence-corrected chi connectivity index (χ1v) is 6.01.